The first-order chi connectivity index (χ1) is 20.4. The van der Waals surface area contributed by atoms with Gasteiger partial charge >= 0.3 is 5.97 Å². The largest absolute Gasteiger partial charge is 0.480 e. The number of fused-ring (bicyclic) bond motifs is 4. The third kappa shape index (κ3) is 5.29. The normalized spacial score (nSPS) is 15.4. The molecule has 42 heavy (non-hydrogen) atoms. The van der Waals surface area contributed by atoms with Crippen LogP contribution in [0.4, 0.5) is 4.39 Å². The summed E-state index contributed by atoms with van der Waals surface area (Å²) in [4.78, 5) is 28.4. The molecule has 0 spiro atoms. The van der Waals surface area contributed by atoms with E-state index in [2.05, 4.69) is 30.3 Å². The molecule has 5 nitrogen and oxygen atoms in total. The number of carbonyl (C=O) groups is 2. The number of aromatic nitrogens is 1. The number of halogens is 1. The molecule has 0 radical (unpaired) electrons. The molecule has 1 amide bonds. The Labute approximate surface area is 245 Å². The Morgan fingerprint density at radius 1 is 0.976 bits per heavy atom. The van der Waals surface area contributed by atoms with Gasteiger partial charge in [0.25, 0.3) is 0 Å². The lowest BCUT2D eigenvalue weighted by Crippen LogP contribution is -2.45. The Bertz CT molecular complexity index is 1760. The average Bonchev–Trinajstić information content (AvgIpc) is 3.31. The molecule has 214 valence electrons. The number of carboxylic acid groups (broad SMARTS) is 1. The van der Waals surface area contributed by atoms with Gasteiger partial charge < -0.3 is 14.6 Å². The maximum Gasteiger partial charge on any atom is 0.326 e. The molecule has 5 aromatic rings. The lowest BCUT2D eigenvalue weighted by molar-refractivity contribution is -0.141. The van der Waals surface area contributed by atoms with E-state index in [4.69, 9.17) is 0 Å². The molecule has 6 rings (SSSR count). The van der Waals surface area contributed by atoms with E-state index in [9.17, 15) is 19.1 Å². The molecule has 2 atom stereocenters. The van der Waals surface area contributed by atoms with E-state index in [1.807, 2.05) is 58.9 Å². The van der Waals surface area contributed by atoms with Crippen LogP contribution >= 0.6 is 0 Å². The number of hydrogen-bond donors (Lipinski definition) is 1. The maximum absolute atomic E-state index is 14.5. The van der Waals surface area contributed by atoms with Crippen LogP contribution in [0.25, 0.3) is 21.7 Å². The van der Waals surface area contributed by atoms with E-state index < -0.39 is 12.0 Å². The maximum atomic E-state index is 14.5. The Hall–Kier alpha value is -4.45. The van der Waals surface area contributed by atoms with Crippen molar-refractivity contribution in [2.45, 2.75) is 57.5 Å². The molecule has 0 saturated heterocycles. The third-order valence-corrected chi connectivity index (χ3v) is 8.79. The predicted molar refractivity (Wildman–Crippen MR) is 164 cm³/mol. The number of carbonyl (C=O) groups excluding carboxylic acids is 1. The standard InChI is InChI=1S/C36H35FN2O3/c1-2-32(36(41)42)39-33-17-15-27(37)22-30(33)31-23-28(16-18-34(31)39)38(20-19-24-9-4-3-5-10-24)35(40)21-26-13-8-12-25-11-6-7-14-29(25)26/h3-15,17,22,28,32H,2,16,18-21,23H2,1H3,(H,41,42)/t28-,32?/m0/s1. The van der Waals surface area contributed by atoms with Gasteiger partial charge in [-0.15, -0.1) is 0 Å². The van der Waals surface area contributed by atoms with Crippen molar-refractivity contribution in [2.75, 3.05) is 6.54 Å². The van der Waals surface area contributed by atoms with Crippen LogP contribution < -0.4 is 0 Å². The molecule has 0 bridgehead atoms. The molecule has 0 fully saturated rings. The van der Waals surface area contributed by atoms with Crippen LogP contribution in [0.5, 0.6) is 0 Å². The van der Waals surface area contributed by atoms with E-state index >= 15 is 0 Å². The summed E-state index contributed by atoms with van der Waals surface area (Å²) in [6.45, 7) is 2.44. The number of aliphatic carboxylic acids is 1. The third-order valence-electron chi connectivity index (χ3n) is 8.79. The zero-order valence-electron chi connectivity index (χ0n) is 23.8. The summed E-state index contributed by atoms with van der Waals surface area (Å²) in [6.07, 6.45) is 3.38. The van der Waals surface area contributed by atoms with E-state index in [0.29, 0.717) is 32.2 Å². The first kappa shape index (κ1) is 27.7. The summed E-state index contributed by atoms with van der Waals surface area (Å²) in [6, 6.07) is 28.2. The van der Waals surface area contributed by atoms with Gasteiger partial charge in [-0.05, 0) is 77.8 Å². The van der Waals surface area contributed by atoms with Gasteiger partial charge in [-0.1, -0.05) is 79.7 Å². The van der Waals surface area contributed by atoms with Gasteiger partial charge in [-0.25, -0.2) is 9.18 Å². The van der Waals surface area contributed by atoms with E-state index in [-0.39, 0.29) is 17.8 Å². The fourth-order valence-electron chi connectivity index (χ4n) is 6.75. The monoisotopic (exact) mass is 562 g/mol. The summed E-state index contributed by atoms with van der Waals surface area (Å²) >= 11 is 0. The van der Waals surface area contributed by atoms with Crippen molar-refractivity contribution >= 4 is 33.6 Å². The molecule has 1 unspecified atom stereocenters. The van der Waals surface area contributed by atoms with E-state index in [1.54, 1.807) is 6.07 Å². The van der Waals surface area contributed by atoms with Crippen molar-refractivity contribution in [1.82, 2.24) is 9.47 Å². The quantitative estimate of drug-likeness (QED) is 0.208. The lowest BCUT2D eigenvalue weighted by atomic mass is 9.89. The van der Waals surface area contributed by atoms with Crippen molar-refractivity contribution in [3.63, 3.8) is 0 Å². The number of nitrogens with zero attached hydrogens (tertiary/aromatic N) is 2. The minimum Gasteiger partial charge on any atom is -0.480 e. The van der Waals surface area contributed by atoms with Crippen molar-refractivity contribution in [3.8, 4) is 0 Å². The molecule has 1 N–H and O–H groups in total. The van der Waals surface area contributed by atoms with Crippen LogP contribution in [0.15, 0.2) is 91.0 Å². The molecule has 6 heteroatoms. The Morgan fingerprint density at radius 3 is 2.52 bits per heavy atom. The number of rotatable bonds is 9. The van der Waals surface area contributed by atoms with Crippen LogP contribution in [-0.4, -0.2) is 39.0 Å². The van der Waals surface area contributed by atoms with Crippen molar-refractivity contribution in [3.05, 3.63) is 119 Å². The minimum atomic E-state index is -0.890. The van der Waals surface area contributed by atoms with Gasteiger partial charge in [0.15, 0.2) is 0 Å². The Balaban J connectivity index is 1.36. The molecule has 1 aliphatic carbocycles. The molecular formula is C36H35FN2O3. The van der Waals surface area contributed by atoms with Crippen LogP contribution in [-0.2, 0) is 35.3 Å². The van der Waals surface area contributed by atoms with Gasteiger partial charge in [0.2, 0.25) is 5.91 Å². The zero-order chi connectivity index (χ0) is 29.2. The van der Waals surface area contributed by atoms with Crippen molar-refractivity contribution < 1.29 is 19.1 Å². The lowest BCUT2D eigenvalue weighted by Gasteiger charge is -2.35. The van der Waals surface area contributed by atoms with Crippen molar-refractivity contribution in [1.29, 1.82) is 0 Å². The van der Waals surface area contributed by atoms with Crippen LogP contribution in [0, 0.1) is 5.82 Å². The second-order valence-electron chi connectivity index (χ2n) is 11.3. The molecule has 1 aromatic heterocycles. The molecule has 0 saturated carbocycles. The molecule has 0 aliphatic heterocycles. The number of carboxylic acids is 1. The highest BCUT2D eigenvalue weighted by molar-refractivity contribution is 5.91. The summed E-state index contributed by atoms with van der Waals surface area (Å²) < 4.78 is 16.4. The predicted octanol–water partition coefficient (Wildman–Crippen LogP) is 7.14. The highest BCUT2D eigenvalue weighted by atomic mass is 19.1. The van der Waals surface area contributed by atoms with Crippen LogP contribution in [0.2, 0.25) is 0 Å². The SMILES string of the molecule is CCC(C(=O)O)n1c2c(c3cc(F)ccc31)C[C@@H](N(CCc1ccccc1)C(=O)Cc1cccc3ccccc13)CC2. The first-order valence-electron chi connectivity index (χ1n) is 14.8. The molecule has 1 heterocycles. The summed E-state index contributed by atoms with van der Waals surface area (Å²) in [5.41, 5.74) is 4.83. The molecule has 1 aliphatic rings. The first-order valence-corrected chi connectivity index (χ1v) is 14.8. The molecule has 4 aromatic carbocycles. The van der Waals surface area contributed by atoms with E-state index in [0.717, 1.165) is 51.3 Å². The number of amides is 1. The van der Waals surface area contributed by atoms with Crippen LogP contribution in [0.1, 0.15) is 48.2 Å². The highest BCUT2D eigenvalue weighted by Gasteiger charge is 2.34. The van der Waals surface area contributed by atoms with Gasteiger partial charge in [-0.3, -0.25) is 4.79 Å². The topological polar surface area (TPSA) is 62.5 Å². The summed E-state index contributed by atoms with van der Waals surface area (Å²) in [7, 11) is 0. The Kier molecular flexibility index (Phi) is 7.79. The van der Waals surface area contributed by atoms with Gasteiger partial charge in [0, 0.05) is 29.2 Å². The fraction of sp³-hybridized carbons (Fsp3) is 0.278. The van der Waals surface area contributed by atoms with Gasteiger partial charge in [0.1, 0.15) is 11.9 Å². The second kappa shape index (κ2) is 11.8. The van der Waals surface area contributed by atoms with Gasteiger partial charge in [0.05, 0.1) is 6.42 Å². The zero-order valence-corrected chi connectivity index (χ0v) is 23.8. The summed E-state index contributed by atoms with van der Waals surface area (Å²) in [5, 5.41) is 13.0. The minimum absolute atomic E-state index is 0.0719. The number of hydrogen-bond acceptors (Lipinski definition) is 2. The fourth-order valence-corrected chi connectivity index (χ4v) is 6.75. The van der Waals surface area contributed by atoms with Crippen molar-refractivity contribution in [2.24, 2.45) is 0 Å². The average molecular weight is 563 g/mol. The second-order valence-corrected chi connectivity index (χ2v) is 11.3. The highest BCUT2D eigenvalue weighted by Crippen LogP contribution is 2.37. The molecular weight excluding hydrogens is 527 g/mol. The van der Waals surface area contributed by atoms with Gasteiger partial charge in [-0.2, -0.15) is 0 Å². The smallest absolute Gasteiger partial charge is 0.326 e. The number of benzene rings is 4. The Morgan fingerprint density at radius 2 is 1.74 bits per heavy atom. The van der Waals surface area contributed by atoms with Crippen LogP contribution in [0.3, 0.4) is 0 Å². The van der Waals surface area contributed by atoms with E-state index in [1.165, 1.54) is 17.7 Å². The summed E-state index contributed by atoms with van der Waals surface area (Å²) in [5.74, 6) is -1.16.